The lowest BCUT2D eigenvalue weighted by Gasteiger charge is -2.32. The average Bonchev–Trinajstić information content (AvgIpc) is 3.04. The zero-order valence-electron chi connectivity index (χ0n) is 11.2. The third-order valence-corrected chi connectivity index (χ3v) is 5.10. The van der Waals surface area contributed by atoms with Crippen molar-refractivity contribution in [3.05, 3.63) is 15.6 Å². The van der Waals surface area contributed by atoms with E-state index in [2.05, 4.69) is 37.7 Å². The molecule has 1 aliphatic rings. The Morgan fingerprint density at radius 2 is 2.12 bits per heavy atom. The molecule has 2 unspecified atom stereocenters. The molecule has 1 aliphatic carbocycles. The van der Waals surface area contributed by atoms with Crippen LogP contribution < -0.4 is 5.73 Å². The van der Waals surface area contributed by atoms with E-state index < -0.39 is 0 Å². The molecule has 96 valence electrons. The first-order valence-corrected chi connectivity index (χ1v) is 7.22. The molecular weight excluding hydrogens is 230 g/mol. The number of nitrogens with zero attached hydrogens (tertiary/aromatic N) is 2. The molecule has 0 aliphatic heterocycles. The zero-order chi connectivity index (χ0) is 12.6. The van der Waals surface area contributed by atoms with E-state index in [1.807, 2.05) is 11.3 Å². The average molecular weight is 253 g/mol. The number of hydrogen-bond donors (Lipinski definition) is 1. The summed E-state index contributed by atoms with van der Waals surface area (Å²) < 4.78 is 0. The Labute approximate surface area is 108 Å². The third-order valence-electron chi connectivity index (χ3n) is 3.86. The van der Waals surface area contributed by atoms with Crippen LogP contribution in [0.15, 0.2) is 0 Å². The predicted octanol–water partition coefficient (Wildman–Crippen LogP) is 2.49. The second-order valence-electron chi connectivity index (χ2n) is 5.16. The van der Waals surface area contributed by atoms with Crippen LogP contribution in [0, 0.1) is 19.8 Å². The lowest BCUT2D eigenvalue weighted by Crippen LogP contribution is -2.40. The summed E-state index contributed by atoms with van der Waals surface area (Å²) in [6.07, 6.45) is 2.69. The molecule has 3 nitrogen and oxygen atoms in total. The van der Waals surface area contributed by atoms with Crippen LogP contribution in [0.5, 0.6) is 0 Å². The van der Waals surface area contributed by atoms with Gasteiger partial charge in [-0.2, -0.15) is 0 Å². The van der Waals surface area contributed by atoms with E-state index >= 15 is 0 Å². The van der Waals surface area contributed by atoms with Gasteiger partial charge in [0.25, 0.3) is 0 Å². The van der Waals surface area contributed by atoms with Crippen LogP contribution >= 0.6 is 11.3 Å². The molecule has 0 saturated heterocycles. The highest BCUT2D eigenvalue weighted by molar-refractivity contribution is 7.11. The minimum absolute atomic E-state index is 0.426. The molecule has 1 aromatic heterocycles. The highest BCUT2D eigenvalue weighted by Gasteiger charge is 2.35. The van der Waals surface area contributed by atoms with Crippen molar-refractivity contribution in [2.24, 2.45) is 11.7 Å². The molecule has 0 radical (unpaired) electrons. The Morgan fingerprint density at radius 1 is 1.47 bits per heavy atom. The summed E-state index contributed by atoms with van der Waals surface area (Å²) in [5.74, 6) is 0.821. The van der Waals surface area contributed by atoms with Crippen LogP contribution in [-0.4, -0.2) is 29.5 Å². The van der Waals surface area contributed by atoms with Crippen molar-refractivity contribution >= 4 is 11.3 Å². The summed E-state index contributed by atoms with van der Waals surface area (Å²) in [5.41, 5.74) is 7.10. The van der Waals surface area contributed by atoms with Gasteiger partial charge in [-0.15, -0.1) is 11.3 Å². The summed E-state index contributed by atoms with van der Waals surface area (Å²) in [4.78, 5) is 8.36. The van der Waals surface area contributed by atoms with Gasteiger partial charge in [-0.3, -0.25) is 4.90 Å². The first-order chi connectivity index (χ1) is 8.04. The molecular formula is C13H23N3S. The largest absolute Gasteiger partial charge is 0.329 e. The molecule has 0 bridgehead atoms. The van der Waals surface area contributed by atoms with Crippen LogP contribution in [0.3, 0.4) is 0 Å². The van der Waals surface area contributed by atoms with Crippen LogP contribution in [-0.2, 0) is 0 Å². The van der Waals surface area contributed by atoms with Crippen molar-refractivity contribution in [2.75, 3.05) is 13.6 Å². The van der Waals surface area contributed by atoms with Crippen molar-refractivity contribution in [2.45, 2.75) is 45.7 Å². The van der Waals surface area contributed by atoms with Gasteiger partial charge in [0.2, 0.25) is 0 Å². The van der Waals surface area contributed by atoms with Gasteiger partial charge in [0, 0.05) is 23.5 Å². The third kappa shape index (κ3) is 2.69. The zero-order valence-corrected chi connectivity index (χ0v) is 12.0. The fourth-order valence-electron chi connectivity index (χ4n) is 2.58. The highest BCUT2D eigenvalue weighted by atomic mass is 32.1. The van der Waals surface area contributed by atoms with E-state index in [9.17, 15) is 0 Å². The monoisotopic (exact) mass is 253 g/mol. The summed E-state index contributed by atoms with van der Waals surface area (Å²) in [5, 5.41) is 1.16. The maximum atomic E-state index is 5.92. The van der Waals surface area contributed by atoms with Gasteiger partial charge in [-0.05, 0) is 46.6 Å². The van der Waals surface area contributed by atoms with E-state index in [-0.39, 0.29) is 0 Å². The van der Waals surface area contributed by atoms with Gasteiger partial charge >= 0.3 is 0 Å². The molecule has 4 heteroatoms. The Hall–Kier alpha value is -0.450. The maximum absolute atomic E-state index is 5.92. The van der Waals surface area contributed by atoms with E-state index in [0.717, 1.165) is 17.5 Å². The number of hydrogen-bond acceptors (Lipinski definition) is 4. The van der Waals surface area contributed by atoms with Gasteiger partial charge in [0.15, 0.2) is 0 Å². The molecule has 2 rings (SSSR count). The van der Waals surface area contributed by atoms with Crippen molar-refractivity contribution in [3.8, 4) is 0 Å². The topological polar surface area (TPSA) is 42.2 Å². The molecule has 1 aromatic rings. The van der Waals surface area contributed by atoms with Crippen molar-refractivity contribution in [1.82, 2.24) is 9.88 Å². The van der Waals surface area contributed by atoms with Gasteiger partial charge in [-0.25, -0.2) is 4.98 Å². The number of rotatable bonds is 5. The molecule has 0 spiro atoms. The van der Waals surface area contributed by atoms with Crippen LogP contribution in [0.4, 0.5) is 0 Å². The number of aryl methyl sites for hydroxylation is 2. The fraction of sp³-hybridized carbons (Fsp3) is 0.769. The van der Waals surface area contributed by atoms with Gasteiger partial charge in [-0.1, -0.05) is 0 Å². The molecule has 1 fully saturated rings. The molecule has 2 atom stereocenters. The first kappa shape index (κ1) is 13.0. The molecule has 1 saturated carbocycles. The minimum Gasteiger partial charge on any atom is -0.329 e. The van der Waals surface area contributed by atoms with Gasteiger partial charge in [0.1, 0.15) is 0 Å². The standard InChI is InChI=1S/C13H23N3S/c1-8-13(17-10(3)15-8)9(2)16(4)12(7-14)11-5-6-11/h9,11-12H,5-7,14H2,1-4H3. The lowest BCUT2D eigenvalue weighted by atomic mass is 10.1. The van der Waals surface area contributed by atoms with Crippen molar-refractivity contribution in [3.63, 3.8) is 0 Å². The first-order valence-electron chi connectivity index (χ1n) is 6.40. The van der Waals surface area contributed by atoms with E-state index in [0.29, 0.717) is 12.1 Å². The molecule has 0 aromatic carbocycles. The van der Waals surface area contributed by atoms with Crippen molar-refractivity contribution < 1.29 is 0 Å². The van der Waals surface area contributed by atoms with E-state index in [1.54, 1.807) is 0 Å². The minimum atomic E-state index is 0.426. The second kappa shape index (κ2) is 5.04. The van der Waals surface area contributed by atoms with Gasteiger partial charge < -0.3 is 5.73 Å². The molecule has 17 heavy (non-hydrogen) atoms. The van der Waals surface area contributed by atoms with Crippen molar-refractivity contribution in [1.29, 1.82) is 0 Å². The quantitative estimate of drug-likeness (QED) is 0.876. The summed E-state index contributed by atoms with van der Waals surface area (Å²) in [6.45, 7) is 7.22. The van der Waals surface area contributed by atoms with E-state index in [1.165, 1.54) is 23.4 Å². The molecule has 0 amide bonds. The molecule has 2 N–H and O–H groups in total. The highest BCUT2D eigenvalue weighted by Crippen LogP contribution is 2.38. The second-order valence-corrected chi connectivity index (χ2v) is 6.40. The Kier molecular flexibility index (Phi) is 3.85. The van der Waals surface area contributed by atoms with Gasteiger partial charge in [0.05, 0.1) is 10.7 Å². The summed E-state index contributed by atoms with van der Waals surface area (Å²) in [6, 6.07) is 0.960. The Balaban J connectivity index is 2.12. The lowest BCUT2D eigenvalue weighted by molar-refractivity contribution is 0.172. The van der Waals surface area contributed by atoms with Crippen LogP contribution in [0.2, 0.25) is 0 Å². The number of nitrogens with two attached hydrogens (primary N) is 1. The smallest absolute Gasteiger partial charge is 0.0900 e. The number of aromatic nitrogens is 1. The normalized spacial score (nSPS) is 19.6. The summed E-state index contributed by atoms with van der Waals surface area (Å²) >= 11 is 1.82. The molecule has 1 heterocycles. The number of thiazole rings is 1. The van der Waals surface area contributed by atoms with Crippen LogP contribution in [0.1, 0.15) is 41.4 Å². The fourth-order valence-corrected chi connectivity index (χ4v) is 3.61. The summed E-state index contributed by atoms with van der Waals surface area (Å²) in [7, 11) is 2.20. The van der Waals surface area contributed by atoms with E-state index in [4.69, 9.17) is 5.73 Å². The predicted molar refractivity (Wildman–Crippen MR) is 73.3 cm³/mol. The number of likely N-dealkylation sites (N-methyl/N-ethyl adjacent to an activating group) is 1. The van der Waals surface area contributed by atoms with Crippen LogP contribution in [0.25, 0.3) is 0 Å². The SMILES string of the molecule is Cc1nc(C)c(C(C)N(C)C(CN)C2CC2)s1. The maximum Gasteiger partial charge on any atom is 0.0900 e. The Morgan fingerprint density at radius 3 is 2.53 bits per heavy atom. The Bertz CT molecular complexity index is 384.